The SMILES string of the molecule is CN(CC(=O)NNC(=O)OC(C)(C)C)C(=O)Oc1ccc(Cl)cc1C(=O)Nc1ccc([N+](=O)[O-])cc1Cl. The number of carbonyl (C=O) groups excluding carboxylic acids is 4. The number of nitrogens with one attached hydrogen (secondary N) is 3. The predicted octanol–water partition coefficient (Wildman–Crippen LogP) is 4.14. The minimum Gasteiger partial charge on any atom is -0.443 e. The zero-order valence-corrected chi connectivity index (χ0v) is 21.6. The lowest BCUT2D eigenvalue weighted by Crippen LogP contribution is -2.48. The van der Waals surface area contributed by atoms with E-state index in [1.54, 1.807) is 20.8 Å². The lowest BCUT2D eigenvalue weighted by Gasteiger charge is -2.20. The Morgan fingerprint density at radius 2 is 1.73 bits per heavy atom. The van der Waals surface area contributed by atoms with Crippen LogP contribution in [0.4, 0.5) is 21.0 Å². The maximum absolute atomic E-state index is 12.9. The molecule has 0 bridgehead atoms. The van der Waals surface area contributed by atoms with E-state index < -0.39 is 41.1 Å². The number of rotatable bonds is 6. The molecule has 0 radical (unpaired) electrons. The van der Waals surface area contributed by atoms with Crippen molar-refractivity contribution >= 4 is 58.6 Å². The number of hydrogen-bond donors (Lipinski definition) is 3. The van der Waals surface area contributed by atoms with Gasteiger partial charge in [-0.2, -0.15) is 0 Å². The highest BCUT2D eigenvalue weighted by Gasteiger charge is 2.22. The summed E-state index contributed by atoms with van der Waals surface area (Å²) in [6.07, 6.45) is -1.90. The first-order chi connectivity index (χ1) is 17.2. The van der Waals surface area contributed by atoms with E-state index >= 15 is 0 Å². The van der Waals surface area contributed by atoms with Crippen LogP contribution < -0.4 is 20.9 Å². The van der Waals surface area contributed by atoms with Crippen LogP contribution in [0.25, 0.3) is 0 Å². The molecule has 0 saturated carbocycles. The summed E-state index contributed by atoms with van der Waals surface area (Å²) in [4.78, 5) is 60.1. The van der Waals surface area contributed by atoms with Crippen LogP contribution in [0.3, 0.4) is 0 Å². The fourth-order valence-electron chi connectivity index (χ4n) is 2.59. The Bertz CT molecular complexity index is 1230. The summed E-state index contributed by atoms with van der Waals surface area (Å²) in [6, 6.07) is 7.33. The molecular formula is C22H23Cl2N5O8. The molecule has 0 heterocycles. The Morgan fingerprint density at radius 3 is 2.32 bits per heavy atom. The van der Waals surface area contributed by atoms with Gasteiger partial charge in [-0.15, -0.1) is 0 Å². The van der Waals surface area contributed by atoms with Gasteiger partial charge in [-0.05, 0) is 45.0 Å². The number of likely N-dealkylation sites (N-methyl/N-ethyl adjacent to an activating group) is 1. The quantitative estimate of drug-likeness (QED) is 0.352. The summed E-state index contributed by atoms with van der Waals surface area (Å²) < 4.78 is 10.2. The molecule has 3 N–H and O–H groups in total. The molecule has 0 fully saturated rings. The molecular weight excluding hydrogens is 533 g/mol. The maximum atomic E-state index is 12.9. The molecule has 0 aliphatic rings. The van der Waals surface area contributed by atoms with Gasteiger partial charge in [0.2, 0.25) is 0 Å². The molecule has 0 aliphatic carbocycles. The second-order valence-corrected chi connectivity index (χ2v) is 9.26. The number of hydrogen-bond acceptors (Lipinski definition) is 8. The lowest BCUT2D eigenvalue weighted by molar-refractivity contribution is -0.384. The van der Waals surface area contributed by atoms with E-state index in [0.29, 0.717) is 0 Å². The van der Waals surface area contributed by atoms with Gasteiger partial charge in [0.1, 0.15) is 17.9 Å². The van der Waals surface area contributed by atoms with Gasteiger partial charge in [0.25, 0.3) is 17.5 Å². The molecule has 0 aliphatic heterocycles. The number of benzene rings is 2. The van der Waals surface area contributed by atoms with E-state index in [9.17, 15) is 29.3 Å². The average molecular weight is 556 g/mol. The van der Waals surface area contributed by atoms with Crippen LogP contribution in [0.15, 0.2) is 36.4 Å². The standard InChI is InChI=1S/C22H23Cl2N5O8/c1-22(2,3)37-20(32)27-26-18(30)11-28(4)21(33)36-17-8-5-12(23)9-14(17)19(31)25-16-7-6-13(29(34)35)10-15(16)24/h5-10H,11H2,1-4H3,(H,25,31)(H,26,30)(H,27,32). The van der Waals surface area contributed by atoms with Crippen molar-refractivity contribution in [2.75, 3.05) is 18.9 Å². The van der Waals surface area contributed by atoms with E-state index in [4.69, 9.17) is 32.7 Å². The van der Waals surface area contributed by atoms with Crippen LogP contribution in [-0.2, 0) is 9.53 Å². The van der Waals surface area contributed by atoms with Crippen molar-refractivity contribution in [3.63, 3.8) is 0 Å². The van der Waals surface area contributed by atoms with E-state index in [0.717, 1.165) is 17.0 Å². The van der Waals surface area contributed by atoms with E-state index in [2.05, 4.69) is 10.7 Å². The molecule has 0 spiro atoms. The maximum Gasteiger partial charge on any atom is 0.426 e. The van der Waals surface area contributed by atoms with E-state index in [-0.39, 0.29) is 32.7 Å². The minimum atomic E-state index is -1.00. The molecule has 37 heavy (non-hydrogen) atoms. The number of nitro benzene ring substituents is 1. The third-order valence-electron chi connectivity index (χ3n) is 4.19. The molecule has 0 aromatic heterocycles. The van der Waals surface area contributed by atoms with Crippen LogP contribution in [0, 0.1) is 10.1 Å². The van der Waals surface area contributed by atoms with Crippen LogP contribution in [-0.4, -0.2) is 53.0 Å². The first-order valence-corrected chi connectivity index (χ1v) is 11.2. The van der Waals surface area contributed by atoms with Gasteiger partial charge >= 0.3 is 12.2 Å². The van der Waals surface area contributed by atoms with Crippen molar-refractivity contribution in [1.82, 2.24) is 15.8 Å². The zero-order valence-electron chi connectivity index (χ0n) is 20.1. The molecule has 0 atom stereocenters. The summed E-state index contributed by atoms with van der Waals surface area (Å²) in [5, 5.41) is 13.4. The van der Waals surface area contributed by atoms with Gasteiger partial charge < -0.3 is 19.7 Å². The van der Waals surface area contributed by atoms with E-state index in [1.807, 2.05) is 5.43 Å². The largest absolute Gasteiger partial charge is 0.443 e. The molecule has 4 amide bonds. The van der Waals surface area contributed by atoms with Crippen molar-refractivity contribution in [2.45, 2.75) is 26.4 Å². The summed E-state index contributed by atoms with van der Waals surface area (Å²) in [5.74, 6) is -1.72. The Kier molecular flexibility index (Phi) is 9.63. The second-order valence-electron chi connectivity index (χ2n) is 8.41. The van der Waals surface area contributed by atoms with Gasteiger partial charge in [0, 0.05) is 24.2 Å². The van der Waals surface area contributed by atoms with Crippen molar-refractivity contribution in [3.8, 4) is 5.75 Å². The highest BCUT2D eigenvalue weighted by Crippen LogP contribution is 2.29. The summed E-state index contributed by atoms with van der Waals surface area (Å²) >= 11 is 12.0. The van der Waals surface area contributed by atoms with Crippen LogP contribution >= 0.6 is 23.2 Å². The fourth-order valence-corrected chi connectivity index (χ4v) is 2.99. The number of non-ortho nitro benzene ring substituents is 1. The Hall–Kier alpha value is -4.10. The molecule has 2 rings (SSSR count). The predicted molar refractivity (Wildman–Crippen MR) is 134 cm³/mol. The third-order valence-corrected chi connectivity index (χ3v) is 4.74. The zero-order chi connectivity index (χ0) is 27.9. The van der Waals surface area contributed by atoms with Crippen LogP contribution in [0.2, 0.25) is 10.0 Å². The van der Waals surface area contributed by atoms with E-state index in [1.165, 1.54) is 31.3 Å². The van der Waals surface area contributed by atoms with Crippen LogP contribution in [0.1, 0.15) is 31.1 Å². The Morgan fingerprint density at radius 1 is 1.05 bits per heavy atom. The highest BCUT2D eigenvalue weighted by atomic mass is 35.5. The number of ether oxygens (including phenoxy) is 2. The number of nitro groups is 1. The monoisotopic (exact) mass is 555 g/mol. The molecule has 0 saturated heterocycles. The lowest BCUT2D eigenvalue weighted by atomic mass is 10.1. The van der Waals surface area contributed by atoms with Gasteiger partial charge in [-0.1, -0.05) is 23.2 Å². The smallest absolute Gasteiger partial charge is 0.426 e. The number of halogens is 2. The fraction of sp³-hybridized carbons (Fsp3) is 0.273. The Labute approximate surface area is 221 Å². The summed E-state index contributed by atoms with van der Waals surface area (Å²) in [7, 11) is 1.25. The summed E-state index contributed by atoms with van der Waals surface area (Å²) in [6.45, 7) is 4.42. The van der Waals surface area contributed by atoms with Crippen LogP contribution in [0.5, 0.6) is 5.75 Å². The minimum absolute atomic E-state index is 0.0702. The van der Waals surface area contributed by atoms with Crippen molar-refractivity contribution in [2.24, 2.45) is 0 Å². The number of carbonyl (C=O) groups is 4. The number of anilines is 1. The van der Waals surface area contributed by atoms with Gasteiger partial charge in [-0.3, -0.25) is 25.1 Å². The number of nitrogens with zero attached hydrogens (tertiary/aromatic N) is 2. The molecule has 2 aromatic rings. The molecule has 198 valence electrons. The van der Waals surface area contributed by atoms with Crippen molar-refractivity contribution < 1.29 is 33.6 Å². The van der Waals surface area contributed by atoms with Gasteiger partial charge in [0.05, 0.1) is 21.2 Å². The molecule has 15 heteroatoms. The van der Waals surface area contributed by atoms with Gasteiger partial charge in [-0.25, -0.2) is 15.0 Å². The van der Waals surface area contributed by atoms with Crippen molar-refractivity contribution in [3.05, 3.63) is 62.1 Å². The number of hydrazine groups is 1. The molecule has 2 aromatic carbocycles. The normalized spacial score (nSPS) is 10.6. The second kappa shape index (κ2) is 12.2. The first kappa shape index (κ1) is 29.1. The first-order valence-electron chi connectivity index (χ1n) is 10.4. The Balaban J connectivity index is 2.06. The van der Waals surface area contributed by atoms with Gasteiger partial charge in [0.15, 0.2) is 0 Å². The molecule has 0 unspecified atom stereocenters. The third kappa shape index (κ3) is 9.13. The highest BCUT2D eigenvalue weighted by molar-refractivity contribution is 6.34. The molecule has 13 nitrogen and oxygen atoms in total. The van der Waals surface area contributed by atoms with Crippen molar-refractivity contribution in [1.29, 1.82) is 0 Å². The summed E-state index contributed by atoms with van der Waals surface area (Å²) in [5.41, 5.74) is 3.00. The number of amides is 4. The average Bonchev–Trinajstić information content (AvgIpc) is 2.78. The topological polar surface area (TPSA) is 169 Å².